The van der Waals surface area contributed by atoms with E-state index in [0.717, 1.165) is 19.4 Å². The average Bonchev–Trinajstić information content (AvgIpc) is 3.44. The van der Waals surface area contributed by atoms with Gasteiger partial charge in [0, 0.05) is 18.4 Å². The van der Waals surface area contributed by atoms with Crippen LogP contribution in [-0.4, -0.2) is 44.1 Å². The molecule has 0 unspecified atom stereocenters. The highest BCUT2D eigenvalue weighted by atomic mass is 16.7. The number of hydrogen-bond donors (Lipinski definition) is 1. The standard InChI is InChI=1S/C22H23NO7/c1-14(21(24)23-16-6-9-19-20(11-16)29-13-28-19)30-22(25)15-4-7-17(8-5-15)27-12-18-3-2-10-26-18/h4-9,11,14,18H,2-3,10,12-13H2,1H3,(H,23,24)/t14-,18+/m1/s1. The van der Waals surface area contributed by atoms with E-state index >= 15 is 0 Å². The Kier molecular flexibility index (Phi) is 6.04. The van der Waals surface area contributed by atoms with Crippen LogP contribution < -0.4 is 19.5 Å². The fourth-order valence-electron chi connectivity index (χ4n) is 3.15. The van der Waals surface area contributed by atoms with Gasteiger partial charge in [-0.15, -0.1) is 0 Å². The van der Waals surface area contributed by atoms with Crippen molar-refractivity contribution in [2.45, 2.75) is 32.0 Å². The maximum absolute atomic E-state index is 12.4. The largest absolute Gasteiger partial charge is 0.491 e. The molecule has 158 valence electrons. The molecule has 1 N–H and O–H groups in total. The SMILES string of the molecule is C[C@@H](OC(=O)c1ccc(OC[C@@H]2CCCO2)cc1)C(=O)Nc1ccc2c(c1)OCO2. The first-order valence-electron chi connectivity index (χ1n) is 9.84. The number of carbonyl (C=O) groups excluding carboxylic acids is 2. The molecule has 0 aromatic heterocycles. The highest BCUT2D eigenvalue weighted by Gasteiger charge is 2.21. The molecule has 4 rings (SSSR count). The molecule has 1 amide bonds. The van der Waals surface area contributed by atoms with E-state index in [9.17, 15) is 9.59 Å². The molecule has 2 aliphatic heterocycles. The number of amides is 1. The summed E-state index contributed by atoms with van der Waals surface area (Å²) in [5, 5.41) is 2.70. The number of carbonyl (C=O) groups is 2. The number of esters is 1. The molecule has 2 aromatic rings. The Morgan fingerprint density at radius 3 is 2.70 bits per heavy atom. The van der Waals surface area contributed by atoms with Crippen molar-refractivity contribution in [3.63, 3.8) is 0 Å². The molecule has 2 atom stereocenters. The molecule has 1 saturated heterocycles. The van der Waals surface area contributed by atoms with Crippen molar-refractivity contribution in [2.24, 2.45) is 0 Å². The lowest BCUT2D eigenvalue weighted by molar-refractivity contribution is -0.123. The van der Waals surface area contributed by atoms with Crippen molar-refractivity contribution in [2.75, 3.05) is 25.3 Å². The van der Waals surface area contributed by atoms with Gasteiger partial charge in [-0.3, -0.25) is 4.79 Å². The number of nitrogens with one attached hydrogen (secondary N) is 1. The Morgan fingerprint density at radius 2 is 1.93 bits per heavy atom. The third kappa shape index (κ3) is 4.83. The smallest absolute Gasteiger partial charge is 0.338 e. The maximum Gasteiger partial charge on any atom is 0.338 e. The van der Waals surface area contributed by atoms with Gasteiger partial charge in [0.15, 0.2) is 17.6 Å². The fraction of sp³-hybridized carbons (Fsp3) is 0.364. The van der Waals surface area contributed by atoms with Crippen molar-refractivity contribution in [1.82, 2.24) is 0 Å². The molecular weight excluding hydrogens is 390 g/mol. The topological polar surface area (TPSA) is 92.3 Å². The lowest BCUT2D eigenvalue weighted by atomic mass is 10.2. The van der Waals surface area contributed by atoms with Gasteiger partial charge in [0.05, 0.1) is 11.7 Å². The molecule has 2 aliphatic rings. The van der Waals surface area contributed by atoms with Gasteiger partial charge in [0.25, 0.3) is 5.91 Å². The number of rotatable bonds is 7. The zero-order chi connectivity index (χ0) is 20.9. The zero-order valence-electron chi connectivity index (χ0n) is 16.6. The van der Waals surface area contributed by atoms with Crippen LogP contribution in [0.5, 0.6) is 17.2 Å². The Labute approximate surface area is 174 Å². The molecule has 1 fully saturated rings. The molecule has 2 heterocycles. The first-order valence-corrected chi connectivity index (χ1v) is 9.84. The van der Waals surface area contributed by atoms with E-state index in [1.165, 1.54) is 6.92 Å². The van der Waals surface area contributed by atoms with Gasteiger partial charge in [-0.1, -0.05) is 0 Å². The third-order valence-corrected chi connectivity index (χ3v) is 4.84. The molecule has 2 aromatic carbocycles. The molecule has 8 heteroatoms. The number of anilines is 1. The van der Waals surface area contributed by atoms with Crippen LogP contribution in [0.15, 0.2) is 42.5 Å². The van der Waals surface area contributed by atoms with E-state index in [1.807, 2.05) is 0 Å². The Morgan fingerprint density at radius 1 is 1.13 bits per heavy atom. The summed E-state index contributed by atoms with van der Waals surface area (Å²) in [6.45, 7) is 2.93. The van der Waals surface area contributed by atoms with Crippen LogP contribution >= 0.6 is 0 Å². The summed E-state index contributed by atoms with van der Waals surface area (Å²) < 4.78 is 27.0. The van der Waals surface area contributed by atoms with E-state index in [-0.39, 0.29) is 12.9 Å². The van der Waals surface area contributed by atoms with Crippen LogP contribution in [0.25, 0.3) is 0 Å². The van der Waals surface area contributed by atoms with Crippen molar-refractivity contribution in [1.29, 1.82) is 0 Å². The van der Waals surface area contributed by atoms with E-state index in [2.05, 4.69) is 5.32 Å². The molecule has 0 spiro atoms. The Balaban J connectivity index is 1.27. The van der Waals surface area contributed by atoms with Gasteiger partial charge in [0.2, 0.25) is 6.79 Å². The van der Waals surface area contributed by atoms with Crippen LogP contribution in [0.3, 0.4) is 0 Å². The van der Waals surface area contributed by atoms with Crippen LogP contribution in [0.2, 0.25) is 0 Å². The molecule has 0 aliphatic carbocycles. The van der Waals surface area contributed by atoms with Crippen LogP contribution in [-0.2, 0) is 14.3 Å². The predicted octanol–water partition coefficient (Wildman–Crippen LogP) is 3.16. The minimum Gasteiger partial charge on any atom is -0.491 e. The zero-order valence-corrected chi connectivity index (χ0v) is 16.6. The van der Waals surface area contributed by atoms with Gasteiger partial charge < -0.3 is 29.0 Å². The lowest BCUT2D eigenvalue weighted by Gasteiger charge is -2.14. The minimum absolute atomic E-state index is 0.124. The van der Waals surface area contributed by atoms with Crippen LogP contribution in [0, 0.1) is 0 Å². The van der Waals surface area contributed by atoms with Gasteiger partial charge in [-0.2, -0.15) is 0 Å². The lowest BCUT2D eigenvalue weighted by Crippen LogP contribution is -2.30. The summed E-state index contributed by atoms with van der Waals surface area (Å²) in [7, 11) is 0. The first-order chi connectivity index (χ1) is 14.6. The summed E-state index contributed by atoms with van der Waals surface area (Å²) in [4.78, 5) is 24.7. The summed E-state index contributed by atoms with van der Waals surface area (Å²) in [6, 6.07) is 11.7. The average molecular weight is 413 g/mol. The minimum atomic E-state index is -0.974. The van der Waals surface area contributed by atoms with Crippen molar-refractivity contribution >= 4 is 17.6 Å². The van der Waals surface area contributed by atoms with Crippen molar-refractivity contribution in [3.05, 3.63) is 48.0 Å². The fourth-order valence-corrected chi connectivity index (χ4v) is 3.15. The summed E-state index contributed by atoms with van der Waals surface area (Å²) >= 11 is 0. The second kappa shape index (κ2) is 9.04. The summed E-state index contributed by atoms with van der Waals surface area (Å²) in [6.07, 6.45) is 1.20. The van der Waals surface area contributed by atoms with E-state index < -0.39 is 18.0 Å². The molecule has 30 heavy (non-hydrogen) atoms. The van der Waals surface area contributed by atoms with E-state index in [4.69, 9.17) is 23.7 Å². The predicted molar refractivity (Wildman–Crippen MR) is 107 cm³/mol. The van der Waals surface area contributed by atoms with Crippen molar-refractivity contribution in [3.8, 4) is 17.2 Å². The van der Waals surface area contributed by atoms with Crippen LogP contribution in [0.1, 0.15) is 30.1 Å². The van der Waals surface area contributed by atoms with Gasteiger partial charge >= 0.3 is 5.97 Å². The second-order valence-electron chi connectivity index (χ2n) is 7.08. The molecular formula is C22H23NO7. The molecule has 0 saturated carbocycles. The molecule has 0 bridgehead atoms. The van der Waals surface area contributed by atoms with Gasteiger partial charge in [-0.05, 0) is 56.2 Å². The number of fused-ring (bicyclic) bond motifs is 1. The quantitative estimate of drug-likeness (QED) is 0.697. The Bertz CT molecular complexity index is 906. The number of benzene rings is 2. The summed E-state index contributed by atoms with van der Waals surface area (Å²) in [5.74, 6) is 0.790. The highest BCUT2D eigenvalue weighted by molar-refractivity contribution is 5.97. The Hall–Kier alpha value is -3.26. The normalized spacial score (nSPS) is 18.0. The van der Waals surface area contributed by atoms with Gasteiger partial charge in [0.1, 0.15) is 12.4 Å². The molecule has 8 nitrogen and oxygen atoms in total. The van der Waals surface area contributed by atoms with E-state index in [1.54, 1.807) is 42.5 Å². The monoisotopic (exact) mass is 413 g/mol. The second-order valence-corrected chi connectivity index (χ2v) is 7.08. The maximum atomic E-state index is 12.4. The number of hydrogen-bond acceptors (Lipinski definition) is 7. The van der Waals surface area contributed by atoms with E-state index in [0.29, 0.717) is 35.1 Å². The van der Waals surface area contributed by atoms with Crippen molar-refractivity contribution < 1.29 is 33.3 Å². The third-order valence-electron chi connectivity index (χ3n) is 4.84. The van der Waals surface area contributed by atoms with Crippen LogP contribution in [0.4, 0.5) is 5.69 Å². The highest BCUT2D eigenvalue weighted by Crippen LogP contribution is 2.34. The van der Waals surface area contributed by atoms with Gasteiger partial charge in [-0.25, -0.2) is 4.79 Å². The number of ether oxygens (including phenoxy) is 5. The summed E-state index contributed by atoms with van der Waals surface area (Å²) in [5.41, 5.74) is 0.863. The molecule has 0 radical (unpaired) electrons. The first kappa shape index (κ1) is 20.0.